The topological polar surface area (TPSA) is 76.1 Å². The van der Waals surface area contributed by atoms with Crippen molar-refractivity contribution in [3.63, 3.8) is 0 Å². The van der Waals surface area contributed by atoms with E-state index in [0.29, 0.717) is 12.1 Å². The minimum Gasteiger partial charge on any atom is -0.356 e. The highest BCUT2D eigenvalue weighted by Crippen LogP contribution is 2.18. The van der Waals surface area contributed by atoms with Crippen LogP contribution >= 0.6 is 0 Å². The molecule has 8 heteroatoms. The van der Waals surface area contributed by atoms with E-state index in [0.717, 1.165) is 62.0 Å². The highest BCUT2D eigenvalue weighted by molar-refractivity contribution is 5.94. The second kappa shape index (κ2) is 11.5. The third-order valence-electron chi connectivity index (χ3n) is 5.63. The molecular formula is C24H35N7O. The van der Waals surface area contributed by atoms with Gasteiger partial charge in [-0.05, 0) is 37.2 Å². The SMILES string of the molecule is CN=C(NCCc1cccc(C(=O)N(C)C)c1)NCc1cccnc1N1CCN(C)CC1. The molecule has 3 rings (SSSR count). The molecule has 0 aliphatic carbocycles. The van der Waals surface area contributed by atoms with Crippen molar-refractivity contribution in [1.29, 1.82) is 0 Å². The first-order valence-electron chi connectivity index (χ1n) is 11.1. The van der Waals surface area contributed by atoms with Gasteiger partial charge in [-0.1, -0.05) is 18.2 Å². The number of benzene rings is 1. The number of hydrogen-bond donors (Lipinski definition) is 2. The predicted octanol–water partition coefficient (Wildman–Crippen LogP) is 1.44. The Kier molecular flexibility index (Phi) is 8.44. The summed E-state index contributed by atoms with van der Waals surface area (Å²) in [6.45, 7) is 5.45. The number of anilines is 1. The van der Waals surface area contributed by atoms with Gasteiger partial charge in [0.05, 0.1) is 0 Å². The number of likely N-dealkylation sites (N-methyl/N-ethyl adjacent to an activating group) is 1. The molecule has 1 fully saturated rings. The number of aromatic nitrogens is 1. The molecule has 1 aromatic heterocycles. The van der Waals surface area contributed by atoms with Crippen LogP contribution in [0.15, 0.2) is 47.6 Å². The van der Waals surface area contributed by atoms with E-state index < -0.39 is 0 Å². The van der Waals surface area contributed by atoms with Crippen LogP contribution in [0, 0.1) is 0 Å². The third kappa shape index (κ3) is 6.43. The fourth-order valence-corrected chi connectivity index (χ4v) is 3.71. The molecule has 1 aliphatic rings. The minimum atomic E-state index is 0.0184. The van der Waals surface area contributed by atoms with Crippen molar-refractivity contribution in [1.82, 2.24) is 25.4 Å². The maximum absolute atomic E-state index is 12.2. The Morgan fingerprint density at radius 3 is 2.62 bits per heavy atom. The average molecular weight is 438 g/mol. The van der Waals surface area contributed by atoms with E-state index in [1.54, 1.807) is 26.0 Å². The van der Waals surface area contributed by atoms with Gasteiger partial charge in [-0.25, -0.2) is 4.98 Å². The molecule has 0 bridgehead atoms. The van der Waals surface area contributed by atoms with E-state index in [9.17, 15) is 4.79 Å². The number of amides is 1. The zero-order chi connectivity index (χ0) is 22.9. The Morgan fingerprint density at radius 1 is 1.12 bits per heavy atom. The molecule has 1 amide bonds. The summed E-state index contributed by atoms with van der Waals surface area (Å²) in [5, 5.41) is 6.77. The Morgan fingerprint density at radius 2 is 1.91 bits per heavy atom. The van der Waals surface area contributed by atoms with Crippen LogP contribution in [0.25, 0.3) is 0 Å². The smallest absolute Gasteiger partial charge is 0.253 e. The van der Waals surface area contributed by atoms with Gasteiger partial charge in [0.25, 0.3) is 5.91 Å². The quantitative estimate of drug-likeness (QED) is 0.504. The van der Waals surface area contributed by atoms with Gasteiger partial charge < -0.3 is 25.3 Å². The summed E-state index contributed by atoms with van der Waals surface area (Å²) >= 11 is 0. The summed E-state index contributed by atoms with van der Waals surface area (Å²) in [4.78, 5) is 27.5. The Labute approximate surface area is 191 Å². The minimum absolute atomic E-state index is 0.0184. The van der Waals surface area contributed by atoms with E-state index in [1.807, 2.05) is 36.5 Å². The third-order valence-corrected chi connectivity index (χ3v) is 5.63. The summed E-state index contributed by atoms with van der Waals surface area (Å²) in [7, 11) is 7.47. The fraction of sp³-hybridized carbons (Fsp3) is 0.458. The molecule has 0 unspecified atom stereocenters. The largest absolute Gasteiger partial charge is 0.356 e. The highest BCUT2D eigenvalue weighted by Gasteiger charge is 2.18. The van der Waals surface area contributed by atoms with Crippen molar-refractivity contribution >= 4 is 17.7 Å². The van der Waals surface area contributed by atoms with Crippen LogP contribution in [-0.4, -0.2) is 87.6 Å². The molecule has 0 radical (unpaired) electrons. The lowest BCUT2D eigenvalue weighted by Crippen LogP contribution is -2.45. The number of rotatable bonds is 7. The molecule has 2 aromatic rings. The molecule has 1 aromatic carbocycles. The number of hydrogen-bond acceptors (Lipinski definition) is 5. The number of carbonyl (C=O) groups is 1. The zero-order valence-electron chi connectivity index (χ0n) is 19.6. The van der Waals surface area contributed by atoms with Crippen LogP contribution in [0.3, 0.4) is 0 Å². The molecule has 2 heterocycles. The van der Waals surface area contributed by atoms with Crippen molar-refractivity contribution in [3.05, 3.63) is 59.3 Å². The normalized spacial score (nSPS) is 14.9. The number of guanidine groups is 1. The lowest BCUT2D eigenvalue weighted by atomic mass is 10.1. The van der Waals surface area contributed by atoms with Crippen molar-refractivity contribution in [2.45, 2.75) is 13.0 Å². The number of nitrogens with zero attached hydrogens (tertiary/aromatic N) is 5. The van der Waals surface area contributed by atoms with Gasteiger partial charge in [0.2, 0.25) is 0 Å². The van der Waals surface area contributed by atoms with Crippen LogP contribution in [0.4, 0.5) is 5.82 Å². The first kappa shape index (κ1) is 23.5. The zero-order valence-corrected chi connectivity index (χ0v) is 19.6. The second-order valence-corrected chi connectivity index (χ2v) is 8.28. The maximum atomic E-state index is 12.2. The number of nitrogens with one attached hydrogen (secondary N) is 2. The maximum Gasteiger partial charge on any atom is 0.253 e. The molecule has 1 aliphatic heterocycles. The van der Waals surface area contributed by atoms with Crippen LogP contribution in [0.2, 0.25) is 0 Å². The number of pyridine rings is 1. The number of aliphatic imine (C=N–C) groups is 1. The Balaban J connectivity index is 1.52. The molecule has 0 spiro atoms. The van der Waals surface area contributed by atoms with Crippen molar-refractivity contribution in [3.8, 4) is 0 Å². The molecule has 172 valence electrons. The van der Waals surface area contributed by atoms with Crippen LogP contribution in [-0.2, 0) is 13.0 Å². The summed E-state index contributed by atoms with van der Waals surface area (Å²) in [6.07, 6.45) is 2.66. The van der Waals surface area contributed by atoms with Gasteiger partial charge in [0, 0.05) is 77.7 Å². The summed E-state index contributed by atoms with van der Waals surface area (Å²) in [5.41, 5.74) is 2.99. The number of piperazine rings is 1. The van der Waals surface area contributed by atoms with Gasteiger partial charge in [0.15, 0.2) is 5.96 Å². The molecular weight excluding hydrogens is 402 g/mol. The number of carbonyl (C=O) groups excluding carboxylic acids is 1. The highest BCUT2D eigenvalue weighted by atomic mass is 16.2. The van der Waals surface area contributed by atoms with Gasteiger partial charge >= 0.3 is 0 Å². The van der Waals surface area contributed by atoms with Crippen LogP contribution in [0.1, 0.15) is 21.5 Å². The van der Waals surface area contributed by atoms with Gasteiger partial charge in [-0.2, -0.15) is 0 Å². The lowest BCUT2D eigenvalue weighted by molar-refractivity contribution is 0.0827. The standard InChI is InChI=1S/C24H35N7O/c1-25-24(27-12-10-19-7-5-8-20(17-19)23(32)29(2)3)28-18-21-9-6-11-26-22(21)31-15-13-30(4)14-16-31/h5-9,11,17H,10,12-16,18H2,1-4H3,(H2,25,27,28). The average Bonchev–Trinajstić information content (AvgIpc) is 2.81. The van der Waals surface area contributed by atoms with Crippen molar-refractivity contribution in [2.24, 2.45) is 4.99 Å². The molecule has 0 saturated carbocycles. The monoisotopic (exact) mass is 437 g/mol. The fourth-order valence-electron chi connectivity index (χ4n) is 3.71. The molecule has 2 N–H and O–H groups in total. The Hall–Kier alpha value is -3.13. The first-order valence-corrected chi connectivity index (χ1v) is 11.1. The molecule has 32 heavy (non-hydrogen) atoms. The molecule has 1 saturated heterocycles. The predicted molar refractivity (Wildman–Crippen MR) is 130 cm³/mol. The van der Waals surface area contributed by atoms with E-state index in [2.05, 4.69) is 43.5 Å². The first-order chi connectivity index (χ1) is 15.5. The van der Waals surface area contributed by atoms with E-state index in [1.165, 1.54) is 0 Å². The second-order valence-electron chi connectivity index (χ2n) is 8.28. The van der Waals surface area contributed by atoms with Crippen molar-refractivity contribution in [2.75, 3.05) is 65.8 Å². The summed E-state index contributed by atoms with van der Waals surface area (Å²) in [5.74, 6) is 1.81. The van der Waals surface area contributed by atoms with Crippen LogP contribution in [0.5, 0.6) is 0 Å². The Bertz CT molecular complexity index is 920. The van der Waals surface area contributed by atoms with Gasteiger partial charge in [-0.3, -0.25) is 9.79 Å². The lowest BCUT2D eigenvalue weighted by Gasteiger charge is -2.34. The van der Waals surface area contributed by atoms with E-state index in [-0.39, 0.29) is 5.91 Å². The van der Waals surface area contributed by atoms with Crippen LogP contribution < -0.4 is 15.5 Å². The van der Waals surface area contributed by atoms with E-state index >= 15 is 0 Å². The van der Waals surface area contributed by atoms with Gasteiger partial charge in [-0.15, -0.1) is 0 Å². The summed E-state index contributed by atoms with van der Waals surface area (Å²) < 4.78 is 0. The summed E-state index contributed by atoms with van der Waals surface area (Å²) in [6, 6.07) is 11.9. The molecule has 8 nitrogen and oxygen atoms in total. The van der Waals surface area contributed by atoms with Gasteiger partial charge in [0.1, 0.15) is 5.82 Å². The van der Waals surface area contributed by atoms with E-state index in [4.69, 9.17) is 0 Å². The van der Waals surface area contributed by atoms with Crippen molar-refractivity contribution < 1.29 is 4.79 Å². The molecule has 0 atom stereocenters.